The minimum absolute atomic E-state index is 0.0650. The predicted molar refractivity (Wildman–Crippen MR) is 58.4 cm³/mol. The van der Waals surface area contributed by atoms with Crippen molar-refractivity contribution >= 4 is 11.5 Å². The Balaban J connectivity index is 2.98. The van der Waals surface area contributed by atoms with Crippen LogP contribution in [0.25, 0.3) is 0 Å². The first-order chi connectivity index (χ1) is 6.46. The van der Waals surface area contributed by atoms with E-state index in [-0.39, 0.29) is 5.41 Å². The van der Waals surface area contributed by atoms with E-state index in [9.17, 15) is 5.11 Å². The van der Waals surface area contributed by atoms with Gasteiger partial charge in [-0.1, -0.05) is 31.3 Å². The zero-order chi connectivity index (χ0) is 10.8. The Hall–Kier alpha value is -0.740. The molecule has 0 fully saturated rings. The summed E-state index contributed by atoms with van der Waals surface area (Å²) in [5.41, 5.74) is 0.821. The molecule has 1 aromatic heterocycles. The smallest absolute Gasteiger partial charge is 0.0951 e. The van der Waals surface area contributed by atoms with Gasteiger partial charge in [-0.15, -0.1) is 11.7 Å². The fourth-order valence-corrected chi connectivity index (χ4v) is 2.06. The zero-order valence-electron chi connectivity index (χ0n) is 8.82. The molecule has 0 aliphatic heterocycles. The Morgan fingerprint density at radius 2 is 2.21 bits per heavy atom. The van der Waals surface area contributed by atoms with Crippen LogP contribution in [0.1, 0.15) is 43.9 Å². The second kappa shape index (κ2) is 4.19. The molecule has 0 aliphatic rings. The van der Waals surface area contributed by atoms with E-state index in [1.54, 1.807) is 6.08 Å². The van der Waals surface area contributed by atoms with Gasteiger partial charge in [0.1, 0.15) is 0 Å². The summed E-state index contributed by atoms with van der Waals surface area (Å²) in [5.74, 6) is 0. The summed E-state index contributed by atoms with van der Waals surface area (Å²) in [5, 5.41) is 13.9. The van der Waals surface area contributed by atoms with Crippen molar-refractivity contribution in [2.75, 3.05) is 0 Å². The monoisotopic (exact) mass is 212 g/mol. The molecule has 0 radical (unpaired) electrons. The highest BCUT2D eigenvalue weighted by Crippen LogP contribution is 2.31. The van der Waals surface area contributed by atoms with Crippen LogP contribution >= 0.6 is 11.5 Å². The van der Waals surface area contributed by atoms with Gasteiger partial charge in [0.2, 0.25) is 0 Å². The summed E-state index contributed by atoms with van der Waals surface area (Å²) in [6, 6.07) is 0. The Labute approximate surface area is 88.6 Å². The molecule has 4 heteroatoms. The molecule has 1 atom stereocenters. The van der Waals surface area contributed by atoms with Gasteiger partial charge in [-0.2, -0.15) is 0 Å². The maximum atomic E-state index is 9.81. The lowest BCUT2D eigenvalue weighted by atomic mass is 9.90. The Bertz CT molecular complexity index is 314. The first-order valence-corrected chi connectivity index (χ1v) is 5.36. The fourth-order valence-electron chi connectivity index (χ4n) is 1.20. The molecule has 0 saturated heterocycles. The maximum Gasteiger partial charge on any atom is 0.0951 e. The molecule has 1 rings (SSSR count). The normalized spacial score (nSPS) is 14.0. The van der Waals surface area contributed by atoms with E-state index < -0.39 is 6.10 Å². The molecule has 3 nitrogen and oxygen atoms in total. The van der Waals surface area contributed by atoms with Crippen LogP contribution in [-0.2, 0) is 5.41 Å². The van der Waals surface area contributed by atoms with Gasteiger partial charge in [0.15, 0.2) is 0 Å². The lowest BCUT2D eigenvalue weighted by Gasteiger charge is -2.18. The van der Waals surface area contributed by atoms with Crippen molar-refractivity contribution < 1.29 is 5.11 Å². The number of rotatable bonds is 3. The second-order valence-corrected chi connectivity index (χ2v) is 5.06. The van der Waals surface area contributed by atoms with Crippen LogP contribution in [0.4, 0.5) is 0 Å². The average molecular weight is 212 g/mol. The minimum Gasteiger partial charge on any atom is -0.387 e. The summed E-state index contributed by atoms with van der Waals surface area (Å²) in [7, 11) is 0. The molecule has 0 amide bonds. The summed E-state index contributed by atoms with van der Waals surface area (Å²) in [4.78, 5) is 0.859. The summed E-state index contributed by atoms with van der Waals surface area (Å²) in [6.45, 7) is 9.80. The minimum atomic E-state index is -0.512. The van der Waals surface area contributed by atoms with Gasteiger partial charge in [-0.05, 0) is 18.0 Å². The molecule has 78 valence electrons. The van der Waals surface area contributed by atoms with Crippen molar-refractivity contribution in [3.63, 3.8) is 0 Å². The molecule has 14 heavy (non-hydrogen) atoms. The number of hydrogen-bond acceptors (Lipinski definition) is 4. The third kappa shape index (κ3) is 2.39. The van der Waals surface area contributed by atoms with Crippen LogP contribution in [0.3, 0.4) is 0 Å². The van der Waals surface area contributed by atoms with E-state index in [2.05, 4.69) is 36.9 Å². The fraction of sp³-hybridized carbons (Fsp3) is 0.600. The lowest BCUT2D eigenvalue weighted by Crippen LogP contribution is -2.15. The lowest BCUT2D eigenvalue weighted by molar-refractivity contribution is 0.182. The van der Waals surface area contributed by atoms with Gasteiger partial charge < -0.3 is 5.11 Å². The highest BCUT2D eigenvalue weighted by Gasteiger charge is 2.25. The van der Waals surface area contributed by atoms with Gasteiger partial charge in [-0.25, -0.2) is 0 Å². The Morgan fingerprint density at radius 1 is 1.57 bits per heavy atom. The average Bonchev–Trinajstić information content (AvgIpc) is 2.50. The summed E-state index contributed by atoms with van der Waals surface area (Å²) >= 11 is 1.27. The first kappa shape index (κ1) is 11.3. The highest BCUT2D eigenvalue weighted by molar-refractivity contribution is 7.05. The number of nitrogens with zero attached hydrogens (tertiary/aromatic N) is 2. The van der Waals surface area contributed by atoms with Crippen molar-refractivity contribution in [2.24, 2.45) is 0 Å². The van der Waals surface area contributed by atoms with Crippen LogP contribution in [-0.4, -0.2) is 14.7 Å². The Morgan fingerprint density at radius 3 is 2.71 bits per heavy atom. The van der Waals surface area contributed by atoms with Gasteiger partial charge in [0.25, 0.3) is 0 Å². The summed E-state index contributed by atoms with van der Waals surface area (Å²) in [6.07, 6.45) is 1.74. The van der Waals surface area contributed by atoms with E-state index in [4.69, 9.17) is 0 Å². The van der Waals surface area contributed by atoms with E-state index in [0.717, 1.165) is 10.6 Å². The van der Waals surface area contributed by atoms with E-state index in [1.807, 2.05) is 0 Å². The van der Waals surface area contributed by atoms with Gasteiger partial charge in [0, 0.05) is 5.41 Å². The number of aliphatic hydroxyl groups excluding tert-OH is 1. The van der Waals surface area contributed by atoms with Crippen molar-refractivity contribution in [1.82, 2.24) is 9.59 Å². The SMILES string of the molecule is C=CCC(O)c1snnc1C(C)(C)C. The molecule has 1 aromatic rings. The Kier molecular flexibility index (Phi) is 3.39. The number of hydrogen-bond donors (Lipinski definition) is 1. The molecular weight excluding hydrogens is 196 g/mol. The molecule has 0 aliphatic carbocycles. The summed E-state index contributed by atoms with van der Waals surface area (Å²) < 4.78 is 3.89. The molecular formula is C10H16N2OS. The van der Waals surface area contributed by atoms with Gasteiger partial charge in [0.05, 0.1) is 16.7 Å². The standard InChI is InChI=1S/C10H16N2OS/c1-5-6-7(13)8-9(10(2,3)4)11-12-14-8/h5,7,13H,1,6H2,2-4H3. The van der Waals surface area contributed by atoms with Crippen LogP contribution in [0.15, 0.2) is 12.7 Å². The maximum absolute atomic E-state index is 9.81. The van der Waals surface area contributed by atoms with Crippen LogP contribution in [0, 0.1) is 0 Å². The van der Waals surface area contributed by atoms with Crippen LogP contribution in [0.5, 0.6) is 0 Å². The molecule has 0 saturated carbocycles. The molecule has 0 bridgehead atoms. The van der Waals surface area contributed by atoms with Crippen LogP contribution < -0.4 is 0 Å². The molecule has 0 aromatic carbocycles. The quantitative estimate of drug-likeness (QED) is 0.783. The third-order valence-corrected chi connectivity index (χ3v) is 2.74. The molecule has 1 heterocycles. The molecule has 0 spiro atoms. The highest BCUT2D eigenvalue weighted by atomic mass is 32.1. The van der Waals surface area contributed by atoms with Crippen molar-refractivity contribution in [3.05, 3.63) is 23.2 Å². The third-order valence-electron chi connectivity index (χ3n) is 1.92. The van der Waals surface area contributed by atoms with Crippen LogP contribution in [0.2, 0.25) is 0 Å². The van der Waals surface area contributed by atoms with Gasteiger partial charge in [-0.3, -0.25) is 0 Å². The van der Waals surface area contributed by atoms with Crippen molar-refractivity contribution in [3.8, 4) is 0 Å². The van der Waals surface area contributed by atoms with E-state index >= 15 is 0 Å². The number of aromatic nitrogens is 2. The van der Waals surface area contributed by atoms with Gasteiger partial charge >= 0.3 is 0 Å². The first-order valence-electron chi connectivity index (χ1n) is 4.58. The molecule has 1 unspecified atom stereocenters. The van der Waals surface area contributed by atoms with E-state index in [1.165, 1.54) is 11.5 Å². The molecule has 1 N–H and O–H groups in total. The second-order valence-electron chi connectivity index (χ2n) is 4.28. The number of aliphatic hydroxyl groups is 1. The van der Waals surface area contributed by atoms with E-state index in [0.29, 0.717) is 6.42 Å². The van der Waals surface area contributed by atoms with Crippen molar-refractivity contribution in [2.45, 2.75) is 38.7 Å². The largest absolute Gasteiger partial charge is 0.387 e. The zero-order valence-corrected chi connectivity index (χ0v) is 9.64. The topological polar surface area (TPSA) is 46.0 Å². The predicted octanol–water partition coefficient (Wildman–Crippen LogP) is 2.45. The van der Waals surface area contributed by atoms with Crippen molar-refractivity contribution in [1.29, 1.82) is 0 Å².